The second-order valence-corrected chi connectivity index (χ2v) is 17.3. The molecule has 65 heavy (non-hydrogen) atoms. The van der Waals surface area contributed by atoms with Crippen LogP contribution >= 0.6 is 0 Å². The van der Waals surface area contributed by atoms with Gasteiger partial charge < -0.3 is 15.0 Å². The summed E-state index contributed by atoms with van der Waals surface area (Å²) in [6.07, 6.45) is -18.3. The van der Waals surface area contributed by atoms with Crippen molar-refractivity contribution in [3.8, 4) is 44.9 Å². The first-order valence-electron chi connectivity index (χ1n) is 28.9. The normalized spacial score (nSPS) is 21.5. The molecule has 0 bridgehead atoms. The van der Waals surface area contributed by atoms with E-state index in [1.807, 2.05) is 91.3 Å². The summed E-state index contributed by atoms with van der Waals surface area (Å²) >= 11 is 0. The van der Waals surface area contributed by atoms with E-state index >= 15 is 0 Å². The van der Waals surface area contributed by atoms with Gasteiger partial charge >= 0.3 is 20.1 Å². The summed E-state index contributed by atoms with van der Waals surface area (Å²) in [5.74, 6) is -3.36. The van der Waals surface area contributed by atoms with E-state index in [0.717, 1.165) is 56.9 Å². The predicted octanol–water partition coefficient (Wildman–Crippen LogP) is 14.8. The van der Waals surface area contributed by atoms with Crippen molar-refractivity contribution in [3.05, 3.63) is 221 Å². The predicted molar refractivity (Wildman–Crippen MR) is 264 cm³/mol. The maximum Gasteiger partial charge on any atom is 3.00 e. The molecule has 1 aliphatic carbocycles. The van der Waals surface area contributed by atoms with Crippen molar-refractivity contribution in [2.45, 2.75) is 102 Å². The molecule has 1 saturated carbocycles. The van der Waals surface area contributed by atoms with Gasteiger partial charge in [0.05, 0.1) is 0 Å². The fourth-order valence-electron chi connectivity index (χ4n) is 8.12. The Morgan fingerprint density at radius 3 is 1.52 bits per heavy atom. The zero-order chi connectivity index (χ0) is 57.4. The van der Waals surface area contributed by atoms with Crippen molar-refractivity contribution in [3.63, 3.8) is 0 Å². The summed E-state index contributed by atoms with van der Waals surface area (Å²) in [5.41, 5.74) is 6.07. The van der Waals surface area contributed by atoms with Crippen LogP contribution in [0.2, 0.25) is 0 Å². The summed E-state index contributed by atoms with van der Waals surface area (Å²) in [6, 6.07) is 51.6. The zero-order valence-corrected chi connectivity index (χ0v) is 39.1. The van der Waals surface area contributed by atoms with E-state index in [2.05, 4.69) is 50.9 Å². The van der Waals surface area contributed by atoms with Gasteiger partial charge in [0, 0.05) is 39.2 Å². The number of aromatic nitrogens is 3. The average Bonchev–Trinajstić information content (AvgIpc) is 1.93. The van der Waals surface area contributed by atoms with Crippen LogP contribution < -0.4 is 0 Å². The van der Waals surface area contributed by atoms with Gasteiger partial charge in [-0.2, -0.15) is 0 Å². The molecule has 0 saturated heterocycles. The van der Waals surface area contributed by atoms with Crippen LogP contribution in [0.25, 0.3) is 44.9 Å². The van der Waals surface area contributed by atoms with Gasteiger partial charge in [-0.1, -0.05) is 120 Å². The Labute approximate surface area is 422 Å². The molecule has 0 spiro atoms. The summed E-state index contributed by atoms with van der Waals surface area (Å²) in [5, 5.41) is 0. The van der Waals surface area contributed by atoms with Crippen molar-refractivity contribution in [1.29, 1.82) is 0 Å². The first-order chi connectivity index (χ1) is 36.8. The number of rotatable bonds is 14. The van der Waals surface area contributed by atoms with Crippen LogP contribution in [0.1, 0.15) is 125 Å². The van der Waals surface area contributed by atoms with E-state index < -0.39 is 66.9 Å². The number of hydrogen-bond acceptors (Lipinski definition) is 3. The molecule has 0 unspecified atom stereocenters. The Balaban J connectivity index is 0.00000841. The number of benzene rings is 5. The number of aryl methyl sites for hydroxylation is 2. The summed E-state index contributed by atoms with van der Waals surface area (Å²) in [7, 11) is 0. The molecule has 3 nitrogen and oxygen atoms in total. The van der Waals surface area contributed by atoms with Crippen LogP contribution in [-0.2, 0) is 56.5 Å². The van der Waals surface area contributed by atoms with Crippen LogP contribution in [0.3, 0.4) is 0 Å². The minimum atomic E-state index is -3.71. The molecule has 1 fully saturated rings. The third-order valence-electron chi connectivity index (χ3n) is 11.6. The molecule has 0 radical (unpaired) electrons. The number of nitrogens with zero attached hydrogens (tertiary/aromatic N) is 3. The third-order valence-corrected chi connectivity index (χ3v) is 11.6. The quantitative estimate of drug-likeness (QED) is 0.102. The van der Waals surface area contributed by atoms with Crippen LogP contribution in [0, 0.1) is 18.2 Å². The summed E-state index contributed by atoms with van der Waals surface area (Å²) < 4.78 is 135. The van der Waals surface area contributed by atoms with E-state index in [0.29, 0.717) is 24.1 Å². The number of pyridine rings is 3. The van der Waals surface area contributed by atoms with Gasteiger partial charge in [-0.25, -0.2) is 0 Å². The van der Waals surface area contributed by atoms with Gasteiger partial charge in [0.2, 0.25) is 0 Å². The average molecular weight is 1040 g/mol. The Bertz CT molecular complexity index is 3340. The first-order valence-corrected chi connectivity index (χ1v) is 21.4. The molecule has 326 valence electrons. The molecule has 3 heterocycles. The van der Waals surface area contributed by atoms with Gasteiger partial charge in [-0.15, -0.1) is 108 Å². The van der Waals surface area contributed by atoms with Crippen LogP contribution in [0.4, 0.5) is 0 Å². The number of hydrogen-bond donors (Lipinski definition) is 0. The maximum absolute atomic E-state index is 9.99. The van der Waals surface area contributed by atoms with Crippen LogP contribution in [-0.4, -0.2) is 15.0 Å². The molecule has 9 rings (SSSR count). The Hall–Kier alpha value is -5.80. The fourth-order valence-corrected chi connectivity index (χ4v) is 8.12. The van der Waals surface area contributed by atoms with E-state index in [9.17, 15) is 6.85 Å². The second-order valence-electron chi connectivity index (χ2n) is 17.3. The van der Waals surface area contributed by atoms with Gasteiger partial charge in [-0.3, -0.25) is 0 Å². The van der Waals surface area contributed by atoms with Gasteiger partial charge in [-0.05, 0) is 122 Å². The van der Waals surface area contributed by atoms with E-state index in [1.165, 1.54) is 18.3 Å². The molecule has 4 heteroatoms. The largest absolute Gasteiger partial charge is 3.00 e. The SMILES string of the molecule is [2H]C([2H])(c1cc(CC(C)(C)c2ccc(-c3[c-]cccc3)nc2)cc(CC(C)(C)c2ccc(-c3[c-]cccc3)nc2)c1)C([2H])([2H])c1cnc(-c2[c-]cccc2)cc1-c1ccc(C2([2H])C([2H])([2H])C([2H])([2H])C([2H])([2H])C([2H])([2H])C2([2H])[2H])cc1.[Ir+3]. The van der Waals surface area contributed by atoms with Crippen molar-refractivity contribution in [1.82, 2.24) is 15.0 Å². The molecule has 0 N–H and O–H groups in total. The van der Waals surface area contributed by atoms with Gasteiger partial charge in [0.15, 0.2) is 0 Å². The van der Waals surface area contributed by atoms with Gasteiger partial charge in [0.1, 0.15) is 0 Å². The Kier molecular flexibility index (Phi) is 9.63. The molecule has 1 aliphatic rings. The molecule has 0 amide bonds. The molecule has 8 aromatic rings. The Morgan fingerprint density at radius 1 is 0.554 bits per heavy atom. The maximum atomic E-state index is 9.99. The first kappa shape index (κ1) is 30.4. The summed E-state index contributed by atoms with van der Waals surface area (Å²) in [4.78, 5) is 14.2. The molecule has 0 aliphatic heterocycles. The zero-order valence-electron chi connectivity index (χ0n) is 51.7. The van der Waals surface area contributed by atoms with Crippen molar-refractivity contribution < 1.29 is 40.7 Å². The van der Waals surface area contributed by atoms with Crippen molar-refractivity contribution in [2.24, 2.45) is 0 Å². The smallest absolute Gasteiger partial charge is 0.304 e. The second kappa shape index (κ2) is 20.6. The molecular formula is C61H58IrN3. The van der Waals surface area contributed by atoms with Crippen LogP contribution in [0.15, 0.2) is 164 Å². The fraction of sp³-hybridized carbons (Fsp3) is 0.262. The monoisotopic (exact) mass is 1040 g/mol. The molecule has 3 aromatic heterocycles. The summed E-state index contributed by atoms with van der Waals surface area (Å²) in [6.45, 7) is 8.33. The minimum absolute atomic E-state index is 0. The Morgan fingerprint density at radius 2 is 1.05 bits per heavy atom. The molecular weight excluding hydrogens is 967 g/mol. The van der Waals surface area contributed by atoms with Crippen LogP contribution in [0.5, 0.6) is 0 Å². The molecule has 5 aromatic carbocycles. The van der Waals surface area contributed by atoms with Crippen molar-refractivity contribution in [2.75, 3.05) is 0 Å². The van der Waals surface area contributed by atoms with Crippen molar-refractivity contribution >= 4 is 0 Å². The minimum Gasteiger partial charge on any atom is -0.304 e. The standard InChI is InChI=1S/C61H58N3.Ir/c1-60(2,54-31-33-57(63-42-54)50-19-11-6-12-20-50)39-45-35-44(36-46(37-45)40-61(3,4)55-32-34-58(64-43-55)51-21-13-7-14-22-51)25-26-53-41-62-59(52-23-15-8-16-24-52)38-56(53)49-29-27-48(28-30-49)47-17-9-5-10-18-47;/h6-8,11-16,19,21,23,27-38,41-43,47H,5,9-10,17-18,25-26,39-40H2,1-4H3;/q-3;+3/i5D2,9D2,10D2,17D2,18D2,25D2,26D2,47D;. The molecule has 0 atom stereocenters. The third kappa shape index (κ3) is 11.2. The van der Waals surface area contributed by atoms with E-state index in [1.54, 1.807) is 42.5 Å². The van der Waals surface area contributed by atoms with E-state index in [4.69, 9.17) is 23.7 Å². The van der Waals surface area contributed by atoms with E-state index in [-0.39, 0.29) is 42.4 Å². The topological polar surface area (TPSA) is 38.7 Å². The van der Waals surface area contributed by atoms with Gasteiger partial charge in [0.25, 0.3) is 0 Å².